The summed E-state index contributed by atoms with van der Waals surface area (Å²) in [5.74, 6) is -0.311. The Kier molecular flexibility index (Phi) is 12.7. The van der Waals surface area contributed by atoms with Gasteiger partial charge in [0.2, 0.25) is 0 Å². The Bertz CT molecular complexity index is 697. The first-order valence-corrected chi connectivity index (χ1v) is 18.5. The summed E-state index contributed by atoms with van der Waals surface area (Å²) in [6.07, 6.45) is 0. The maximum Gasteiger partial charge on any atom is 0.350 e. The van der Waals surface area contributed by atoms with Crippen LogP contribution in [0.5, 0.6) is 0 Å². The summed E-state index contributed by atoms with van der Waals surface area (Å²) in [6, 6.07) is 1.90. The molecule has 35 heavy (non-hydrogen) atoms. The summed E-state index contributed by atoms with van der Waals surface area (Å²) in [6.45, 7) is 28.9. The fraction of sp³-hybridized carbons (Fsp3) is 0.815. The SMILES string of the molecule is COC(=O)c1sccc1NC(CO[Si](C(C)C)(C(C)C)C(C)C)CO[Si](C(C)C)(C(C)C)C(C)C. The van der Waals surface area contributed by atoms with Gasteiger partial charge in [-0.3, -0.25) is 0 Å². The maximum atomic E-state index is 12.3. The van der Waals surface area contributed by atoms with Crippen molar-refractivity contribution < 1.29 is 18.4 Å². The van der Waals surface area contributed by atoms with Crippen LogP contribution in [0.15, 0.2) is 11.4 Å². The quantitative estimate of drug-likeness (QED) is 0.177. The predicted octanol–water partition coefficient (Wildman–Crippen LogP) is 8.70. The zero-order chi connectivity index (χ0) is 27.1. The standard InChI is InChI=1S/C27H53NO4SSi2/c1-18(2)34(19(3)4,20(5)6)31-16-24(28-25-14-15-33-26(25)27(29)30-13)17-32-35(21(7)8,22(9)10)23(11)12/h14-15,18-24,28H,16-17H2,1-13H3. The van der Waals surface area contributed by atoms with E-state index < -0.39 is 16.6 Å². The van der Waals surface area contributed by atoms with E-state index in [1.807, 2.05) is 11.4 Å². The number of carbonyl (C=O) groups is 1. The van der Waals surface area contributed by atoms with Gasteiger partial charge in [0.15, 0.2) is 16.6 Å². The molecule has 0 saturated carbocycles. The van der Waals surface area contributed by atoms with E-state index in [-0.39, 0.29) is 12.0 Å². The second-order valence-corrected chi connectivity index (χ2v) is 23.6. The van der Waals surface area contributed by atoms with E-state index in [0.717, 1.165) is 5.69 Å². The van der Waals surface area contributed by atoms with E-state index in [4.69, 9.17) is 13.6 Å². The van der Waals surface area contributed by atoms with Crippen molar-refractivity contribution in [1.29, 1.82) is 0 Å². The molecule has 0 aliphatic rings. The highest BCUT2D eigenvalue weighted by Crippen LogP contribution is 2.44. The molecule has 0 bridgehead atoms. The van der Waals surface area contributed by atoms with Gasteiger partial charge >= 0.3 is 5.97 Å². The third-order valence-electron chi connectivity index (χ3n) is 7.88. The summed E-state index contributed by atoms with van der Waals surface area (Å²) in [5, 5.41) is 5.55. The molecule has 0 atom stereocenters. The number of rotatable bonds is 15. The van der Waals surface area contributed by atoms with E-state index in [9.17, 15) is 4.79 Å². The van der Waals surface area contributed by atoms with E-state index >= 15 is 0 Å². The molecule has 5 nitrogen and oxygen atoms in total. The fourth-order valence-corrected chi connectivity index (χ4v) is 18.3. The average molecular weight is 544 g/mol. The minimum absolute atomic E-state index is 0.0562. The summed E-state index contributed by atoms with van der Waals surface area (Å²) >= 11 is 1.40. The lowest BCUT2D eigenvalue weighted by Crippen LogP contribution is -2.52. The molecule has 8 heteroatoms. The maximum absolute atomic E-state index is 12.3. The summed E-state index contributed by atoms with van der Waals surface area (Å²) in [5.41, 5.74) is 3.84. The highest BCUT2D eigenvalue weighted by Gasteiger charge is 2.47. The van der Waals surface area contributed by atoms with Crippen LogP contribution in [0.4, 0.5) is 5.69 Å². The number of ether oxygens (including phenoxy) is 1. The molecule has 0 aliphatic heterocycles. The van der Waals surface area contributed by atoms with E-state index in [2.05, 4.69) is 88.4 Å². The van der Waals surface area contributed by atoms with Gasteiger partial charge < -0.3 is 18.9 Å². The molecular weight excluding hydrogens is 491 g/mol. The van der Waals surface area contributed by atoms with Crippen LogP contribution in [-0.2, 0) is 13.6 Å². The van der Waals surface area contributed by atoms with Gasteiger partial charge in [-0.25, -0.2) is 4.79 Å². The summed E-state index contributed by atoms with van der Waals surface area (Å²) in [7, 11) is -2.67. The van der Waals surface area contributed by atoms with Gasteiger partial charge in [0.05, 0.1) is 32.1 Å². The van der Waals surface area contributed by atoms with Crippen molar-refractivity contribution in [2.45, 2.75) is 122 Å². The van der Waals surface area contributed by atoms with E-state index in [1.165, 1.54) is 18.4 Å². The molecule has 0 aromatic carbocycles. The number of nitrogens with one attached hydrogen (secondary N) is 1. The Labute approximate surface area is 222 Å². The Morgan fingerprint density at radius 2 is 1.14 bits per heavy atom. The van der Waals surface area contributed by atoms with Gasteiger partial charge in [-0.05, 0) is 44.7 Å². The Morgan fingerprint density at radius 1 is 0.771 bits per heavy atom. The summed E-state index contributed by atoms with van der Waals surface area (Å²) < 4.78 is 19.0. The normalized spacial score (nSPS) is 13.4. The third-order valence-corrected chi connectivity index (χ3v) is 20.9. The van der Waals surface area contributed by atoms with Gasteiger partial charge in [-0.1, -0.05) is 83.1 Å². The van der Waals surface area contributed by atoms with Crippen LogP contribution >= 0.6 is 11.3 Å². The first-order chi connectivity index (χ1) is 16.2. The van der Waals surface area contributed by atoms with E-state index in [0.29, 0.717) is 51.3 Å². The molecule has 1 N–H and O–H groups in total. The zero-order valence-electron chi connectivity index (χ0n) is 24.7. The van der Waals surface area contributed by atoms with Crippen LogP contribution < -0.4 is 5.32 Å². The van der Waals surface area contributed by atoms with Crippen LogP contribution in [0.2, 0.25) is 33.2 Å². The predicted molar refractivity (Wildman–Crippen MR) is 157 cm³/mol. The molecule has 0 aliphatic carbocycles. The second kappa shape index (κ2) is 13.7. The molecule has 0 fully saturated rings. The van der Waals surface area contributed by atoms with Crippen molar-refractivity contribution in [2.75, 3.05) is 25.6 Å². The number of methoxy groups -OCH3 is 1. The number of anilines is 1. The monoisotopic (exact) mass is 543 g/mol. The molecule has 0 spiro atoms. The topological polar surface area (TPSA) is 56.8 Å². The highest BCUT2D eigenvalue weighted by atomic mass is 32.1. The summed E-state index contributed by atoms with van der Waals surface area (Å²) in [4.78, 5) is 12.9. The van der Waals surface area contributed by atoms with Crippen LogP contribution in [0.25, 0.3) is 0 Å². The Balaban J connectivity index is 3.33. The molecule has 0 unspecified atom stereocenters. The van der Waals surface area contributed by atoms with Crippen molar-refractivity contribution in [3.8, 4) is 0 Å². The number of thiophene rings is 1. The molecule has 1 heterocycles. The Hall–Kier alpha value is -0.676. The molecule has 204 valence electrons. The number of hydrogen-bond acceptors (Lipinski definition) is 6. The van der Waals surface area contributed by atoms with Crippen LogP contribution in [0, 0.1) is 0 Å². The van der Waals surface area contributed by atoms with Crippen molar-refractivity contribution in [3.63, 3.8) is 0 Å². The zero-order valence-corrected chi connectivity index (χ0v) is 27.5. The smallest absolute Gasteiger partial charge is 0.350 e. The molecular formula is C27H53NO4SSi2. The molecule has 1 rings (SSSR count). The highest BCUT2D eigenvalue weighted by molar-refractivity contribution is 7.12. The van der Waals surface area contributed by atoms with Crippen LogP contribution in [0.1, 0.15) is 92.8 Å². The molecule has 1 aromatic rings. The molecule has 1 aromatic heterocycles. The first-order valence-electron chi connectivity index (χ1n) is 13.4. The first kappa shape index (κ1) is 32.4. The number of esters is 1. The molecule has 0 saturated heterocycles. The van der Waals surface area contributed by atoms with Gasteiger partial charge in [-0.15, -0.1) is 11.3 Å². The van der Waals surface area contributed by atoms with Crippen molar-refractivity contribution in [3.05, 3.63) is 16.3 Å². The average Bonchev–Trinajstić information content (AvgIpc) is 3.20. The fourth-order valence-electron chi connectivity index (χ4n) is 6.51. The van der Waals surface area contributed by atoms with Crippen molar-refractivity contribution >= 4 is 39.6 Å². The molecule has 0 amide bonds. The van der Waals surface area contributed by atoms with Crippen LogP contribution in [-0.4, -0.2) is 49.0 Å². The Morgan fingerprint density at radius 3 is 1.46 bits per heavy atom. The minimum Gasteiger partial charge on any atom is -0.465 e. The lowest BCUT2D eigenvalue weighted by atomic mass is 10.3. The number of carbonyl (C=O) groups excluding carboxylic acids is 1. The number of hydrogen-bond donors (Lipinski definition) is 1. The lowest BCUT2D eigenvalue weighted by molar-refractivity contribution is 0.0607. The van der Waals surface area contributed by atoms with E-state index in [1.54, 1.807) is 0 Å². The lowest BCUT2D eigenvalue weighted by Gasteiger charge is -2.45. The minimum atomic E-state index is -2.05. The van der Waals surface area contributed by atoms with Gasteiger partial charge in [0, 0.05) is 0 Å². The van der Waals surface area contributed by atoms with Crippen molar-refractivity contribution in [1.82, 2.24) is 0 Å². The largest absolute Gasteiger partial charge is 0.465 e. The van der Waals surface area contributed by atoms with Crippen LogP contribution in [0.3, 0.4) is 0 Å². The second-order valence-electron chi connectivity index (χ2n) is 11.8. The third kappa shape index (κ3) is 7.21. The van der Waals surface area contributed by atoms with Gasteiger partial charge in [0.1, 0.15) is 4.88 Å². The van der Waals surface area contributed by atoms with Gasteiger partial charge in [0.25, 0.3) is 0 Å². The molecule has 0 radical (unpaired) electrons. The van der Waals surface area contributed by atoms with Gasteiger partial charge in [-0.2, -0.15) is 0 Å². The van der Waals surface area contributed by atoms with Crippen molar-refractivity contribution in [2.24, 2.45) is 0 Å².